The van der Waals surface area contributed by atoms with Crippen LogP contribution in [-0.2, 0) is 6.54 Å². The van der Waals surface area contributed by atoms with Gasteiger partial charge in [0.15, 0.2) is 5.96 Å². The van der Waals surface area contributed by atoms with Crippen LogP contribution in [-0.4, -0.2) is 46.9 Å². The minimum atomic E-state index is 0. The number of aryl methyl sites for hydroxylation is 1. The average molecular weight is 513 g/mol. The summed E-state index contributed by atoms with van der Waals surface area (Å²) in [6, 6.07) is 8.27. The van der Waals surface area contributed by atoms with Crippen molar-refractivity contribution in [3.63, 3.8) is 0 Å². The number of fused-ring (bicyclic) bond motifs is 1. The van der Waals surface area contributed by atoms with Gasteiger partial charge in [0.25, 0.3) is 0 Å². The Bertz CT molecular complexity index is 777. The molecule has 0 unspecified atom stereocenters. The number of para-hydroxylation sites is 2. The van der Waals surface area contributed by atoms with E-state index in [-0.39, 0.29) is 36.0 Å². The first-order chi connectivity index (χ1) is 13.7. The quantitative estimate of drug-likeness (QED) is 0.285. The lowest BCUT2D eigenvalue weighted by Crippen LogP contribution is -2.40. The van der Waals surface area contributed by atoms with E-state index in [0.29, 0.717) is 0 Å². The highest BCUT2D eigenvalue weighted by Gasteiger charge is 2.31. The molecule has 6 nitrogen and oxygen atoms in total. The molecule has 29 heavy (non-hydrogen) atoms. The van der Waals surface area contributed by atoms with Crippen LogP contribution in [0.1, 0.15) is 51.3 Å². The number of hydrogen-bond acceptors (Lipinski definition) is 3. The van der Waals surface area contributed by atoms with Gasteiger partial charge >= 0.3 is 0 Å². The van der Waals surface area contributed by atoms with Gasteiger partial charge in [-0.05, 0) is 50.7 Å². The second-order valence-corrected chi connectivity index (χ2v) is 7.96. The number of imidazole rings is 1. The molecule has 0 bridgehead atoms. The molecule has 1 fully saturated rings. The lowest BCUT2D eigenvalue weighted by molar-refractivity contribution is 0.137. The molecule has 1 saturated carbocycles. The molecule has 2 aromatic rings. The fraction of sp³-hybridized carbons (Fsp3) is 0.636. The molecule has 1 aliphatic carbocycles. The number of rotatable bonds is 8. The second-order valence-electron chi connectivity index (χ2n) is 7.96. The van der Waals surface area contributed by atoms with Crippen LogP contribution in [0.15, 0.2) is 29.3 Å². The van der Waals surface area contributed by atoms with Gasteiger partial charge in [-0.3, -0.25) is 4.99 Å². The van der Waals surface area contributed by atoms with Crippen LogP contribution >= 0.6 is 24.0 Å². The summed E-state index contributed by atoms with van der Waals surface area (Å²) in [5.74, 6) is 1.90. The summed E-state index contributed by atoms with van der Waals surface area (Å²) >= 11 is 0. The standard InChI is InChI=1S/C22H35N5O.HI/c1-3-23-21(25-17-22(13-16-28)11-7-4-8-12-22)24-14-15-27-18(2)26-19-9-5-6-10-20(19)27;/h5-6,9-10,28H,3-4,7-8,11-17H2,1-2H3,(H2,23,24,25);1H. The Hall–Kier alpha value is -1.35. The van der Waals surface area contributed by atoms with Crippen molar-refractivity contribution in [2.45, 2.75) is 58.9 Å². The van der Waals surface area contributed by atoms with Crippen LogP contribution in [0, 0.1) is 12.3 Å². The first-order valence-electron chi connectivity index (χ1n) is 10.7. The fourth-order valence-corrected chi connectivity index (χ4v) is 4.38. The summed E-state index contributed by atoms with van der Waals surface area (Å²) in [5.41, 5.74) is 2.39. The van der Waals surface area contributed by atoms with Crippen molar-refractivity contribution < 1.29 is 5.11 Å². The minimum absolute atomic E-state index is 0. The third kappa shape index (κ3) is 6.31. The van der Waals surface area contributed by atoms with Gasteiger partial charge in [0, 0.05) is 32.8 Å². The number of aliphatic hydroxyl groups excluding tert-OH is 1. The Morgan fingerprint density at radius 3 is 2.69 bits per heavy atom. The molecule has 7 heteroatoms. The van der Waals surface area contributed by atoms with Gasteiger partial charge in [-0.2, -0.15) is 0 Å². The average Bonchev–Trinajstić information content (AvgIpc) is 3.02. The predicted octanol–water partition coefficient (Wildman–Crippen LogP) is 3.85. The maximum atomic E-state index is 9.52. The zero-order chi connectivity index (χ0) is 19.8. The Balaban J connectivity index is 0.00000300. The molecule has 0 radical (unpaired) electrons. The van der Waals surface area contributed by atoms with Gasteiger partial charge < -0.3 is 20.3 Å². The first-order valence-corrected chi connectivity index (χ1v) is 10.7. The third-order valence-electron chi connectivity index (χ3n) is 5.95. The van der Waals surface area contributed by atoms with Crippen molar-refractivity contribution in [2.24, 2.45) is 10.4 Å². The number of halogens is 1. The summed E-state index contributed by atoms with van der Waals surface area (Å²) in [5, 5.41) is 16.4. The van der Waals surface area contributed by atoms with E-state index < -0.39 is 0 Å². The maximum Gasteiger partial charge on any atom is 0.191 e. The van der Waals surface area contributed by atoms with Crippen molar-refractivity contribution in [1.29, 1.82) is 0 Å². The minimum Gasteiger partial charge on any atom is -0.396 e. The predicted molar refractivity (Wildman–Crippen MR) is 131 cm³/mol. The largest absolute Gasteiger partial charge is 0.396 e. The second kappa shape index (κ2) is 11.7. The number of aromatic nitrogens is 2. The van der Waals surface area contributed by atoms with E-state index in [9.17, 15) is 5.11 Å². The highest BCUT2D eigenvalue weighted by Crippen LogP contribution is 2.39. The summed E-state index contributed by atoms with van der Waals surface area (Å²) in [4.78, 5) is 9.53. The molecule has 0 aliphatic heterocycles. The topological polar surface area (TPSA) is 74.5 Å². The van der Waals surface area contributed by atoms with Crippen LogP contribution in [0.2, 0.25) is 0 Å². The molecule has 3 N–H and O–H groups in total. The maximum absolute atomic E-state index is 9.52. The van der Waals surface area contributed by atoms with Crippen LogP contribution < -0.4 is 10.6 Å². The Morgan fingerprint density at radius 1 is 1.21 bits per heavy atom. The zero-order valence-corrected chi connectivity index (χ0v) is 20.1. The van der Waals surface area contributed by atoms with Gasteiger partial charge in [-0.25, -0.2) is 4.98 Å². The van der Waals surface area contributed by atoms with Crippen LogP contribution in [0.3, 0.4) is 0 Å². The SMILES string of the molecule is CCNC(=NCC1(CCO)CCCCC1)NCCn1c(C)nc2ccccc21.I. The lowest BCUT2D eigenvalue weighted by atomic mass is 9.72. The van der Waals surface area contributed by atoms with E-state index >= 15 is 0 Å². The highest BCUT2D eigenvalue weighted by molar-refractivity contribution is 14.0. The summed E-state index contributed by atoms with van der Waals surface area (Å²) in [6.07, 6.45) is 7.04. The Morgan fingerprint density at radius 2 is 1.97 bits per heavy atom. The molecule has 3 rings (SSSR count). The molecule has 1 aliphatic rings. The van der Waals surface area contributed by atoms with Crippen LogP contribution in [0.5, 0.6) is 0 Å². The molecule has 1 aromatic carbocycles. The fourth-order valence-electron chi connectivity index (χ4n) is 4.38. The number of aliphatic imine (C=N–C) groups is 1. The number of nitrogens with zero attached hydrogens (tertiary/aromatic N) is 3. The molecule has 1 aromatic heterocycles. The van der Waals surface area contributed by atoms with Crippen molar-refractivity contribution in [3.05, 3.63) is 30.1 Å². The first kappa shape index (κ1) is 23.9. The van der Waals surface area contributed by atoms with E-state index in [0.717, 1.165) is 49.9 Å². The van der Waals surface area contributed by atoms with Crippen LogP contribution in [0.4, 0.5) is 0 Å². The van der Waals surface area contributed by atoms with E-state index in [1.807, 2.05) is 6.07 Å². The van der Waals surface area contributed by atoms with E-state index in [4.69, 9.17) is 4.99 Å². The molecular formula is C22H36IN5O. The number of hydrogen-bond donors (Lipinski definition) is 3. The van der Waals surface area contributed by atoms with Gasteiger partial charge in [0.05, 0.1) is 11.0 Å². The third-order valence-corrected chi connectivity index (χ3v) is 5.95. The van der Waals surface area contributed by atoms with Crippen molar-refractivity contribution in [3.8, 4) is 0 Å². The van der Waals surface area contributed by atoms with Gasteiger partial charge in [-0.1, -0.05) is 31.4 Å². The summed E-state index contributed by atoms with van der Waals surface area (Å²) in [6.45, 7) is 7.67. The van der Waals surface area contributed by atoms with Gasteiger partial charge in [-0.15, -0.1) is 24.0 Å². The van der Waals surface area contributed by atoms with Gasteiger partial charge in [0.2, 0.25) is 0 Å². The summed E-state index contributed by atoms with van der Waals surface area (Å²) in [7, 11) is 0. The molecular weight excluding hydrogens is 477 g/mol. The van der Waals surface area contributed by atoms with Crippen molar-refractivity contribution in [1.82, 2.24) is 20.2 Å². The molecule has 0 amide bonds. The highest BCUT2D eigenvalue weighted by atomic mass is 127. The summed E-state index contributed by atoms with van der Waals surface area (Å²) < 4.78 is 2.25. The Kier molecular flexibility index (Phi) is 9.68. The lowest BCUT2D eigenvalue weighted by Gasteiger charge is -2.35. The molecule has 1 heterocycles. The number of guanidine groups is 1. The normalized spacial score (nSPS) is 16.4. The monoisotopic (exact) mass is 513 g/mol. The zero-order valence-electron chi connectivity index (χ0n) is 17.8. The molecule has 0 spiro atoms. The van der Waals surface area contributed by atoms with Crippen molar-refractivity contribution in [2.75, 3.05) is 26.2 Å². The molecule has 0 atom stereocenters. The van der Waals surface area contributed by atoms with Gasteiger partial charge in [0.1, 0.15) is 5.82 Å². The Labute approximate surface area is 191 Å². The molecule has 0 saturated heterocycles. The number of benzene rings is 1. The van der Waals surface area contributed by atoms with Crippen LogP contribution in [0.25, 0.3) is 11.0 Å². The van der Waals surface area contributed by atoms with E-state index in [2.05, 4.69) is 52.2 Å². The van der Waals surface area contributed by atoms with E-state index in [1.165, 1.54) is 37.6 Å². The molecule has 162 valence electrons. The van der Waals surface area contributed by atoms with E-state index in [1.54, 1.807) is 0 Å². The number of nitrogens with one attached hydrogen (secondary N) is 2. The van der Waals surface area contributed by atoms with Crippen molar-refractivity contribution >= 4 is 41.0 Å². The smallest absolute Gasteiger partial charge is 0.191 e. The number of aliphatic hydroxyl groups is 1.